The molecule has 0 saturated heterocycles. The molecule has 0 aliphatic rings. The van der Waals surface area contributed by atoms with Crippen molar-refractivity contribution in [1.82, 2.24) is 0 Å². The van der Waals surface area contributed by atoms with Crippen molar-refractivity contribution in [3.05, 3.63) is 20.8 Å². The Hall–Kier alpha value is 0.470. The van der Waals surface area contributed by atoms with Crippen molar-refractivity contribution in [2.24, 2.45) is 5.92 Å². The van der Waals surface area contributed by atoms with E-state index in [0.717, 1.165) is 12.8 Å². The molecule has 0 spiro atoms. The van der Waals surface area contributed by atoms with Crippen LogP contribution in [0.25, 0.3) is 0 Å². The molecular weight excluding hydrogens is 268 g/mol. The van der Waals surface area contributed by atoms with Gasteiger partial charge in [0, 0.05) is 4.88 Å². The summed E-state index contributed by atoms with van der Waals surface area (Å²) in [4.78, 5) is 1.28. The fourth-order valence-electron chi connectivity index (χ4n) is 1.41. The predicted octanol–water partition coefficient (Wildman–Crippen LogP) is 5.23. The third kappa shape index (κ3) is 2.97. The van der Waals surface area contributed by atoms with Gasteiger partial charge in [0.2, 0.25) is 0 Å². The summed E-state index contributed by atoms with van der Waals surface area (Å²) in [5.74, 6) is 0.604. The Bertz CT molecular complexity index is 255. The first-order valence-electron chi connectivity index (χ1n) is 4.58. The highest BCUT2D eigenvalue weighted by Crippen LogP contribution is 2.38. The minimum Gasteiger partial charge on any atom is -0.132 e. The van der Waals surface area contributed by atoms with Crippen LogP contribution in [0.3, 0.4) is 0 Å². The fraction of sp³-hybridized carbons (Fsp3) is 0.600. The quantitative estimate of drug-likeness (QED) is 0.663. The second-order valence-electron chi connectivity index (χ2n) is 3.12. The second-order valence-corrected chi connectivity index (χ2v) is 6.09. The van der Waals surface area contributed by atoms with Gasteiger partial charge in [0.15, 0.2) is 0 Å². The highest BCUT2D eigenvalue weighted by Gasteiger charge is 2.18. The molecule has 0 fully saturated rings. The van der Waals surface area contributed by atoms with Gasteiger partial charge in [-0.25, -0.2) is 0 Å². The minimum atomic E-state index is 0.186. The number of rotatable bonds is 4. The van der Waals surface area contributed by atoms with Crippen LogP contribution in [0.4, 0.5) is 0 Å². The molecule has 0 aromatic carbocycles. The third-order valence-corrected chi connectivity index (χ3v) is 4.76. The van der Waals surface area contributed by atoms with E-state index in [9.17, 15) is 0 Å². The molecular formula is C10H14BrClS. The van der Waals surface area contributed by atoms with Gasteiger partial charge in [-0.15, -0.1) is 22.9 Å². The Balaban J connectivity index is 2.71. The lowest BCUT2D eigenvalue weighted by atomic mass is 9.98. The zero-order chi connectivity index (χ0) is 9.84. The van der Waals surface area contributed by atoms with Gasteiger partial charge in [-0.2, -0.15) is 0 Å². The van der Waals surface area contributed by atoms with E-state index in [4.69, 9.17) is 11.6 Å². The van der Waals surface area contributed by atoms with Crippen LogP contribution in [-0.2, 0) is 0 Å². The molecule has 0 amide bonds. The molecule has 0 N–H and O–H groups in total. The zero-order valence-electron chi connectivity index (χ0n) is 7.89. The van der Waals surface area contributed by atoms with E-state index < -0.39 is 0 Å². The summed E-state index contributed by atoms with van der Waals surface area (Å²) in [7, 11) is 0. The van der Waals surface area contributed by atoms with E-state index in [1.165, 1.54) is 8.66 Å². The summed E-state index contributed by atoms with van der Waals surface area (Å²) in [5.41, 5.74) is 0. The number of thiophene rings is 1. The molecule has 74 valence electrons. The van der Waals surface area contributed by atoms with Gasteiger partial charge >= 0.3 is 0 Å². The van der Waals surface area contributed by atoms with Crippen LogP contribution < -0.4 is 0 Å². The molecule has 1 heterocycles. The van der Waals surface area contributed by atoms with Crippen molar-refractivity contribution in [3.63, 3.8) is 0 Å². The molecule has 13 heavy (non-hydrogen) atoms. The lowest BCUT2D eigenvalue weighted by Gasteiger charge is -2.17. The molecule has 0 nitrogen and oxygen atoms in total. The lowest BCUT2D eigenvalue weighted by molar-refractivity contribution is 0.479. The molecule has 1 aromatic rings. The molecule has 0 aliphatic carbocycles. The van der Waals surface area contributed by atoms with Crippen LogP contribution >= 0.6 is 38.9 Å². The zero-order valence-corrected chi connectivity index (χ0v) is 11.0. The van der Waals surface area contributed by atoms with E-state index in [1.807, 2.05) is 0 Å². The van der Waals surface area contributed by atoms with Crippen LogP contribution in [0.5, 0.6) is 0 Å². The maximum Gasteiger partial charge on any atom is 0.0706 e. The average Bonchev–Trinajstić information content (AvgIpc) is 2.54. The van der Waals surface area contributed by atoms with Crippen molar-refractivity contribution in [2.45, 2.75) is 32.1 Å². The molecule has 1 aromatic heterocycles. The largest absolute Gasteiger partial charge is 0.132 e. The first kappa shape index (κ1) is 11.5. The monoisotopic (exact) mass is 280 g/mol. The summed E-state index contributed by atoms with van der Waals surface area (Å²) < 4.78 is 1.17. The third-order valence-electron chi connectivity index (χ3n) is 2.33. The van der Waals surface area contributed by atoms with Crippen molar-refractivity contribution >= 4 is 38.9 Å². The van der Waals surface area contributed by atoms with E-state index in [1.54, 1.807) is 11.3 Å². The second kappa shape index (κ2) is 5.38. The number of alkyl halides is 1. The Labute approximate surface area is 97.4 Å². The maximum atomic E-state index is 6.38. The summed E-state index contributed by atoms with van der Waals surface area (Å²) >= 11 is 11.6. The van der Waals surface area contributed by atoms with Gasteiger partial charge in [0.1, 0.15) is 0 Å². The maximum absolute atomic E-state index is 6.38. The standard InChI is InChI=1S/C10H14BrClS/c1-3-7(4-2)10(12)8-5-6-9(11)13-8/h5-7,10H,3-4H2,1-2H3. The van der Waals surface area contributed by atoms with E-state index in [2.05, 4.69) is 41.9 Å². The van der Waals surface area contributed by atoms with Crippen LogP contribution in [0.1, 0.15) is 36.9 Å². The van der Waals surface area contributed by atoms with E-state index in [-0.39, 0.29) is 5.38 Å². The first-order valence-corrected chi connectivity index (χ1v) is 6.62. The molecule has 0 bridgehead atoms. The topological polar surface area (TPSA) is 0 Å². The van der Waals surface area contributed by atoms with E-state index >= 15 is 0 Å². The van der Waals surface area contributed by atoms with Crippen molar-refractivity contribution in [2.75, 3.05) is 0 Å². The Kier molecular flexibility index (Phi) is 4.77. The molecule has 1 atom stereocenters. The summed E-state index contributed by atoms with van der Waals surface area (Å²) in [6.45, 7) is 4.40. The van der Waals surface area contributed by atoms with Gasteiger partial charge in [-0.1, -0.05) is 26.7 Å². The first-order chi connectivity index (χ1) is 6.19. The summed E-state index contributed by atoms with van der Waals surface area (Å²) in [5, 5.41) is 0.186. The van der Waals surface area contributed by atoms with Crippen LogP contribution in [0.15, 0.2) is 15.9 Å². The average molecular weight is 282 g/mol. The smallest absolute Gasteiger partial charge is 0.0706 e. The summed E-state index contributed by atoms with van der Waals surface area (Å²) in [6.07, 6.45) is 2.31. The number of hydrogen-bond acceptors (Lipinski definition) is 1. The predicted molar refractivity (Wildman–Crippen MR) is 64.7 cm³/mol. The highest BCUT2D eigenvalue weighted by molar-refractivity contribution is 9.11. The molecule has 3 heteroatoms. The van der Waals surface area contributed by atoms with Crippen LogP contribution in [0.2, 0.25) is 0 Å². The van der Waals surface area contributed by atoms with Crippen LogP contribution in [-0.4, -0.2) is 0 Å². The van der Waals surface area contributed by atoms with Crippen molar-refractivity contribution in [1.29, 1.82) is 0 Å². The van der Waals surface area contributed by atoms with Gasteiger partial charge in [0.05, 0.1) is 9.16 Å². The highest BCUT2D eigenvalue weighted by atomic mass is 79.9. The lowest BCUT2D eigenvalue weighted by Crippen LogP contribution is -2.03. The normalized spacial score (nSPS) is 13.6. The van der Waals surface area contributed by atoms with Crippen molar-refractivity contribution < 1.29 is 0 Å². The molecule has 1 unspecified atom stereocenters. The Morgan fingerprint density at radius 1 is 1.38 bits per heavy atom. The van der Waals surface area contributed by atoms with Crippen LogP contribution in [0, 0.1) is 5.92 Å². The summed E-state index contributed by atoms with van der Waals surface area (Å²) in [6, 6.07) is 4.18. The van der Waals surface area contributed by atoms with Gasteiger partial charge in [-0.05, 0) is 34.0 Å². The molecule has 0 aliphatic heterocycles. The van der Waals surface area contributed by atoms with Gasteiger partial charge < -0.3 is 0 Å². The minimum absolute atomic E-state index is 0.186. The fourth-order valence-corrected chi connectivity index (χ4v) is 3.47. The Morgan fingerprint density at radius 3 is 2.38 bits per heavy atom. The van der Waals surface area contributed by atoms with Crippen molar-refractivity contribution in [3.8, 4) is 0 Å². The SMILES string of the molecule is CCC(CC)C(Cl)c1ccc(Br)s1. The van der Waals surface area contributed by atoms with Gasteiger partial charge in [-0.3, -0.25) is 0 Å². The Morgan fingerprint density at radius 2 is 2.00 bits per heavy atom. The molecule has 0 radical (unpaired) electrons. The molecule has 1 rings (SSSR count). The number of hydrogen-bond donors (Lipinski definition) is 0. The van der Waals surface area contributed by atoms with E-state index in [0.29, 0.717) is 5.92 Å². The molecule has 0 saturated carbocycles. The number of halogens is 2. The van der Waals surface area contributed by atoms with Gasteiger partial charge in [0.25, 0.3) is 0 Å².